The SMILES string of the molecule is CCCc1ccc(C(O)c2ccc(Cl)cc2C)cc1. The van der Waals surface area contributed by atoms with Crippen molar-refractivity contribution in [2.45, 2.75) is 32.8 Å². The lowest BCUT2D eigenvalue weighted by Gasteiger charge is -2.15. The number of aliphatic hydroxyl groups excluding tert-OH is 1. The summed E-state index contributed by atoms with van der Waals surface area (Å²) >= 11 is 5.94. The van der Waals surface area contributed by atoms with Crippen molar-refractivity contribution in [3.8, 4) is 0 Å². The Morgan fingerprint density at radius 3 is 2.37 bits per heavy atom. The monoisotopic (exact) mass is 274 g/mol. The molecule has 0 aliphatic rings. The van der Waals surface area contributed by atoms with Gasteiger partial charge in [-0.2, -0.15) is 0 Å². The van der Waals surface area contributed by atoms with Gasteiger partial charge in [-0.05, 0) is 47.7 Å². The van der Waals surface area contributed by atoms with Crippen LogP contribution in [0.3, 0.4) is 0 Å². The lowest BCUT2D eigenvalue weighted by atomic mass is 9.96. The van der Waals surface area contributed by atoms with Gasteiger partial charge in [-0.25, -0.2) is 0 Å². The molecule has 0 radical (unpaired) electrons. The second-order valence-electron chi connectivity index (χ2n) is 4.90. The van der Waals surface area contributed by atoms with Crippen LogP contribution >= 0.6 is 11.6 Å². The normalized spacial score (nSPS) is 12.4. The van der Waals surface area contributed by atoms with Gasteiger partial charge in [0.1, 0.15) is 6.10 Å². The van der Waals surface area contributed by atoms with Crippen LogP contribution in [-0.4, -0.2) is 5.11 Å². The molecule has 0 heterocycles. The van der Waals surface area contributed by atoms with E-state index in [9.17, 15) is 5.11 Å². The van der Waals surface area contributed by atoms with E-state index < -0.39 is 6.10 Å². The van der Waals surface area contributed by atoms with Crippen LogP contribution in [0.15, 0.2) is 42.5 Å². The Kier molecular flexibility index (Phi) is 4.62. The number of benzene rings is 2. The molecule has 100 valence electrons. The van der Waals surface area contributed by atoms with Crippen molar-refractivity contribution in [1.29, 1.82) is 0 Å². The summed E-state index contributed by atoms with van der Waals surface area (Å²) < 4.78 is 0. The minimum Gasteiger partial charge on any atom is -0.384 e. The van der Waals surface area contributed by atoms with Crippen LogP contribution < -0.4 is 0 Å². The highest BCUT2D eigenvalue weighted by Crippen LogP contribution is 2.27. The summed E-state index contributed by atoms with van der Waals surface area (Å²) in [5.41, 5.74) is 4.15. The van der Waals surface area contributed by atoms with Gasteiger partial charge in [0.2, 0.25) is 0 Å². The van der Waals surface area contributed by atoms with Crippen LogP contribution in [0.2, 0.25) is 5.02 Å². The molecular formula is C17H19ClO. The molecular weight excluding hydrogens is 256 g/mol. The van der Waals surface area contributed by atoms with E-state index in [0.717, 1.165) is 29.5 Å². The summed E-state index contributed by atoms with van der Waals surface area (Å²) in [4.78, 5) is 0. The maximum Gasteiger partial charge on any atom is 0.104 e. The molecule has 19 heavy (non-hydrogen) atoms. The maximum absolute atomic E-state index is 10.4. The van der Waals surface area contributed by atoms with Crippen molar-refractivity contribution >= 4 is 11.6 Å². The summed E-state index contributed by atoms with van der Waals surface area (Å²) in [5.74, 6) is 0. The predicted molar refractivity (Wildman–Crippen MR) is 80.7 cm³/mol. The van der Waals surface area contributed by atoms with Crippen molar-refractivity contribution in [2.24, 2.45) is 0 Å². The molecule has 0 aliphatic carbocycles. The van der Waals surface area contributed by atoms with Crippen LogP contribution in [0.1, 0.15) is 41.7 Å². The molecule has 0 saturated heterocycles. The number of hydrogen-bond donors (Lipinski definition) is 1. The molecule has 2 aromatic carbocycles. The molecule has 1 nitrogen and oxygen atoms in total. The molecule has 2 heteroatoms. The topological polar surface area (TPSA) is 20.2 Å². The van der Waals surface area contributed by atoms with Crippen LogP contribution in [-0.2, 0) is 6.42 Å². The highest BCUT2D eigenvalue weighted by molar-refractivity contribution is 6.30. The lowest BCUT2D eigenvalue weighted by molar-refractivity contribution is 0.219. The van der Waals surface area contributed by atoms with Gasteiger partial charge < -0.3 is 5.11 Å². The molecule has 0 saturated carbocycles. The van der Waals surface area contributed by atoms with Crippen molar-refractivity contribution in [3.63, 3.8) is 0 Å². The predicted octanol–water partition coefficient (Wildman–Crippen LogP) is 4.68. The fraction of sp³-hybridized carbons (Fsp3) is 0.294. The highest BCUT2D eigenvalue weighted by atomic mass is 35.5. The van der Waals surface area contributed by atoms with Crippen LogP contribution in [0.25, 0.3) is 0 Å². The Morgan fingerprint density at radius 1 is 1.11 bits per heavy atom. The third kappa shape index (κ3) is 3.37. The lowest BCUT2D eigenvalue weighted by Crippen LogP contribution is -2.02. The van der Waals surface area contributed by atoms with E-state index >= 15 is 0 Å². The number of aliphatic hydroxyl groups is 1. The number of halogens is 1. The molecule has 0 amide bonds. The van der Waals surface area contributed by atoms with Crippen LogP contribution in [0, 0.1) is 6.92 Å². The summed E-state index contributed by atoms with van der Waals surface area (Å²) in [6.45, 7) is 4.13. The van der Waals surface area contributed by atoms with E-state index in [2.05, 4.69) is 19.1 Å². The summed E-state index contributed by atoms with van der Waals surface area (Å²) in [5, 5.41) is 11.1. The quantitative estimate of drug-likeness (QED) is 0.858. The van der Waals surface area contributed by atoms with Crippen molar-refractivity contribution < 1.29 is 5.11 Å². The fourth-order valence-electron chi connectivity index (χ4n) is 2.28. The summed E-state index contributed by atoms with van der Waals surface area (Å²) in [6, 6.07) is 13.8. The molecule has 0 spiro atoms. The molecule has 0 fully saturated rings. The third-order valence-corrected chi connectivity index (χ3v) is 3.60. The van der Waals surface area contributed by atoms with Gasteiger partial charge >= 0.3 is 0 Å². The highest BCUT2D eigenvalue weighted by Gasteiger charge is 2.12. The van der Waals surface area contributed by atoms with Gasteiger partial charge in [-0.1, -0.05) is 55.3 Å². The first kappa shape index (κ1) is 14.1. The first-order valence-electron chi connectivity index (χ1n) is 6.64. The molecule has 2 rings (SSSR count). The third-order valence-electron chi connectivity index (χ3n) is 3.36. The second-order valence-corrected chi connectivity index (χ2v) is 5.33. The Balaban J connectivity index is 2.25. The summed E-state index contributed by atoms with van der Waals surface area (Å²) in [6.07, 6.45) is 1.63. The number of aryl methyl sites for hydroxylation is 2. The molecule has 0 aromatic heterocycles. The maximum atomic E-state index is 10.4. The molecule has 1 N–H and O–H groups in total. The van der Waals surface area contributed by atoms with Gasteiger partial charge in [0.05, 0.1) is 0 Å². The Labute approximate surface area is 119 Å². The average molecular weight is 275 g/mol. The van der Waals surface area contributed by atoms with E-state index in [0.29, 0.717) is 5.02 Å². The van der Waals surface area contributed by atoms with E-state index in [1.165, 1.54) is 5.56 Å². The molecule has 1 atom stereocenters. The van der Waals surface area contributed by atoms with E-state index in [1.54, 1.807) is 0 Å². The molecule has 0 bridgehead atoms. The van der Waals surface area contributed by atoms with Gasteiger partial charge in [-0.3, -0.25) is 0 Å². The molecule has 2 aromatic rings. The number of hydrogen-bond acceptors (Lipinski definition) is 1. The minimum atomic E-state index is -0.590. The smallest absolute Gasteiger partial charge is 0.104 e. The fourth-order valence-corrected chi connectivity index (χ4v) is 2.51. The Bertz CT molecular complexity index is 546. The van der Waals surface area contributed by atoms with Crippen molar-refractivity contribution in [1.82, 2.24) is 0 Å². The van der Waals surface area contributed by atoms with Crippen molar-refractivity contribution in [2.75, 3.05) is 0 Å². The zero-order valence-electron chi connectivity index (χ0n) is 11.4. The molecule has 0 aliphatic heterocycles. The van der Waals surface area contributed by atoms with Gasteiger partial charge in [0.25, 0.3) is 0 Å². The Hall–Kier alpha value is -1.31. The zero-order chi connectivity index (χ0) is 13.8. The Morgan fingerprint density at radius 2 is 1.79 bits per heavy atom. The van der Waals surface area contributed by atoms with Gasteiger partial charge in [-0.15, -0.1) is 0 Å². The van der Waals surface area contributed by atoms with Gasteiger partial charge in [0, 0.05) is 5.02 Å². The van der Waals surface area contributed by atoms with E-state index in [4.69, 9.17) is 11.6 Å². The zero-order valence-corrected chi connectivity index (χ0v) is 12.1. The molecule has 1 unspecified atom stereocenters. The second kappa shape index (κ2) is 6.23. The minimum absolute atomic E-state index is 0.590. The average Bonchev–Trinajstić information content (AvgIpc) is 2.39. The first-order chi connectivity index (χ1) is 9.11. The van der Waals surface area contributed by atoms with Crippen molar-refractivity contribution in [3.05, 3.63) is 69.7 Å². The van der Waals surface area contributed by atoms with Crippen LogP contribution in [0.5, 0.6) is 0 Å². The largest absolute Gasteiger partial charge is 0.384 e. The number of rotatable bonds is 4. The summed E-state index contributed by atoms with van der Waals surface area (Å²) in [7, 11) is 0. The van der Waals surface area contributed by atoms with E-state index in [-0.39, 0.29) is 0 Å². The standard InChI is InChI=1S/C17H19ClO/c1-3-4-13-5-7-14(8-6-13)17(19)16-10-9-15(18)11-12(16)2/h5-11,17,19H,3-4H2,1-2H3. The van der Waals surface area contributed by atoms with E-state index in [1.807, 2.05) is 37.3 Å². The first-order valence-corrected chi connectivity index (χ1v) is 7.02. The van der Waals surface area contributed by atoms with Crippen LogP contribution in [0.4, 0.5) is 0 Å². The van der Waals surface area contributed by atoms with Gasteiger partial charge in [0.15, 0.2) is 0 Å².